The minimum atomic E-state index is 0.454. The van der Waals surface area contributed by atoms with Gasteiger partial charge in [-0.3, -0.25) is 0 Å². The van der Waals surface area contributed by atoms with Gasteiger partial charge in [-0.25, -0.2) is 0 Å². The van der Waals surface area contributed by atoms with E-state index < -0.39 is 0 Å². The summed E-state index contributed by atoms with van der Waals surface area (Å²) in [6.07, 6.45) is 1.08. The molecule has 0 aliphatic carbocycles. The molecule has 1 nitrogen and oxygen atoms in total. The fourth-order valence-corrected chi connectivity index (χ4v) is 2.63. The molecule has 98 valence electrons. The van der Waals surface area contributed by atoms with Gasteiger partial charge in [-0.15, -0.1) is 0 Å². The van der Waals surface area contributed by atoms with Crippen LogP contribution in [0.4, 0.5) is 0 Å². The van der Waals surface area contributed by atoms with Crippen LogP contribution in [-0.4, -0.2) is 0 Å². The molecule has 1 unspecified atom stereocenters. The summed E-state index contributed by atoms with van der Waals surface area (Å²) >= 11 is 0. The maximum atomic E-state index is 9.35. The van der Waals surface area contributed by atoms with Crippen molar-refractivity contribution in [1.82, 2.24) is 0 Å². The quantitative estimate of drug-likeness (QED) is 0.702. The molecule has 0 aliphatic heterocycles. The van der Waals surface area contributed by atoms with Gasteiger partial charge >= 0.3 is 0 Å². The van der Waals surface area contributed by atoms with Gasteiger partial charge in [-0.1, -0.05) is 47.6 Å². The summed E-state index contributed by atoms with van der Waals surface area (Å²) in [4.78, 5) is 0. The molecule has 0 spiro atoms. The molecule has 0 aliphatic rings. The summed E-state index contributed by atoms with van der Waals surface area (Å²) in [6, 6.07) is 6.52. The second-order valence-corrected chi connectivity index (χ2v) is 5.76. The van der Waals surface area contributed by atoms with Crippen LogP contribution in [0.2, 0.25) is 0 Å². The zero-order valence-electron chi connectivity index (χ0n) is 12.5. The second kappa shape index (κ2) is 6.05. The third kappa shape index (κ3) is 2.75. The largest absolute Gasteiger partial charge is 0.192 e. The lowest BCUT2D eigenvalue weighted by Crippen LogP contribution is -2.08. The van der Waals surface area contributed by atoms with Crippen molar-refractivity contribution in [1.29, 1.82) is 5.26 Å². The Morgan fingerprint density at radius 2 is 1.61 bits per heavy atom. The molecule has 1 heteroatoms. The Hall–Kier alpha value is -1.29. The average Bonchev–Trinajstić information content (AvgIpc) is 2.35. The number of benzene rings is 1. The molecule has 0 saturated carbocycles. The van der Waals surface area contributed by atoms with E-state index in [1.165, 1.54) is 16.7 Å². The van der Waals surface area contributed by atoms with Crippen molar-refractivity contribution in [3.05, 3.63) is 34.4 Å². The predicted molar refractivity (Wildman–Crippen MR) is 78.0 cm³/mol. The molecule has 1 aromatic carbocycles. The Labute approximate surface area is 112 Å². The van der Waals surface area contributed by atoms with Gasteiger partial charge in [0, 0.05) is 0 Å². The van der Waals surface area contributed by atoms with E-state index in [9.17, 15) is 5.26 Å². The monoisotopic (exact) mass is 243 g/mol. The molecule has 1 aromatic rings. The van der Waals surface area contributed by atoms with Gasteiger partial charge in [0.25, 0.3) is 0 Å². The van der Waals surface area contributed by atoms with E-state index in [2.05, 4.69) is 53.7 Å². The third-order valence-corrected chi connectivity index (χ3v) is 3.75. The van der Waals surface area contributed by atoms with E-state index in [1.807, 2.05) is 6.07 Å². The number of nitriles is 1. The normalized spacial score (nSPS) is 12.8. The molecular weight excluding hydrogens is 218 g/mol. The van der Waals surface area contributed by atoms with E-state index in [4.69, 9.17) is 0 Å². The molecule has 0 amide bonds. The van der Waals surface area contributed by atoms with Gasteiger partial charge in [-0.2, -0.15) is 5.26 Å². The molecule has 18 heavy (non-hydrogen) atoms. The maximum absolute atomic E-state index is 9.35. The summed E-state index contributed by atoms with van der Waals surface area (Å²) in [6.45, 7) is 13.3. The van der Waals surface area contributed by atoms with Crippen molar-refractivity contribution in [3.63, 3.8) is 0 Å². The smallest absolute Gasteiger partial charge is 0.0994 e. The first kappa shape index (κ1) is 14.8. The highest BCUT2D eigenvalue weighted by Crippen LogP contribution is 2.36. The van der Waals surface area contributed by atoms with Gasteiger partial charge in [0.1, 0.15) is 0 Å². The van der Waals surface area contributed by atoms with Crippen molar-refractivity contribution in [2.24, 2.45) is 0 Å². The van der Waals surface area contributed by atoms with E-state index in [1.54, 1.807) is 0 Å². The van der Waals surface area contributed by atoms with Crippen molar-refractivity contribution >= 4 is 0 Å². The van der Waals surface area contributed by atoms with Crippen molar-refractivity contribution < 1.29 is 0 Å². The average molecular weight is 243 g/mol. The molecule has 0 aromatic heterocycles. The minimum Gasteiger partial charge on any atom is -0.192 e. The first-order valence-corrected chi connectivity index (χ1v) is 7.00. The zero-order chi connectivity index (χ0) is 13.9. The third-order valence-electron chi connectivity index (χ3n) is 3.75. The van der Waals surface area contributed by atoms with Gasteiger partial charge in [0.15, 0.2) is 0 Å². The molecule has 0 heterocycles. The number of hydrogen-bond donors (Lipinski definition) is 0. The lowest BCUT2D eigenvalue weighted by molar-refractivity contribution is 0.692. The van der Waals surface area contributed by atoms with Crippen molar-refractivity contribution in [2.45, 2.75) is 65.7 Å². The predicted octanol–water partition coefficient (Wildman–Crippen LogP) is 5.32. The Kier molecular flexibility index (Phi) is 4.96. The maximum Gasteiger partial charge on any atom is 0.0994 e. The molecule has 1 rings (SSSR count). The Morgan fingerprint density at radius 1 is 1.00 bits per heavy atom. The Bertz CT molecular complexity index is 449. The number of nitrogens with zero attached hydrogens (tertiary/aromatic N) is 1. The van der Waals surface area contributed by atoms with E-state index in [0.29, 0.717) is 17.8 Å². The number of hydrogen-bond acceptors (Lipinski definition) is 1. The van der Waals surface area contributed by atoms with Crippen LogP contribution in [-0.2, 0) is 0 Å². The van der Waals surface area contributed by atoms with E-state index in [-0.39, 0.29) is 0 Å². The fourth-order valence-electron chi connectivity index (χ4n) is 2.63. The molecule has 0 saturated heterocycles. The first-order chi connectivity index (χ1) is 8.43. The van der Waals surface area contributed by atoms with Crippen molar-refractivity contribution in [3.8, 4) is 6.07 Å². The van der Waals surface area contributed by atoms with Crippen molar-refractivity contribution in [2.75, 3.05) is 0 Å². The van der Waals surface area contributed by atoms with Crippen LogP contribution in [0.3, 0.4) is 0 Å². The Morgan fingerprint density at radius 3 is 2.00 bits per heavy atom. The van der Waals surface area contributed by atoms with Crippen LogP contribution in [0.15, 0.2) is 12.1 Å². The van der Waals surface area contributed by atoms with Crippen LogP contribution in [0.25, 0.3) is 0 Å². The molecule has 0 fully saturated rings. The SMILES string of the molecule is CCC(C)c1c(C#N)ccc(C(C)C)c1C(C)C. The van der Waals surface area contributed by atoms with Crippen LogP contribution < -0.4 is 0 Å². The van der Waals surface area contributed by atoms with Gasteiger partial charge in [-0.05, 0) is 46.9 Å². The fraction of sp³-hybridized carbons (Fsp3) is 0.588. The van der Waals surface area contributed by atoms with E-state index >= 15 is 0 Å². The van der Waals surface area contributed by atoms with Gasteiger partial charge in [0.05, 0.1) is 11.6 Å². The lowest BCUT2D eigenvalue weighted by Gasteiger charge is -2.24. The topological polar surface area (TPSA) is 23.8 Å². The number of rotatable bonds is 4. The molecular formula is C17H25N. The lowest BCUT2D eigenvalue weighted by atomic mass is 9.80. The standard InChI is InChI=1S/C17H25N/c1-7-13(6)17-14(10-18)8-9-15(11(2)3)16(17)12(4)5/h8-9,11-13H,7H2,1-6H3. The molecule has 0 bridgehead atoms. The minimum absolute atomic E-state index is 0.454. The van der Waals surface area contributed by atoms with E-state index in [0.717, 1.165) is 12.0 Å². The summed E-state index contributed by atoms with van der Waals surface area (Å²) in [5.74, 6) is 1.44. The summed E-state index contributed by atoms with van der Waals surface area (Å²) in [5, 5.41) is 9.35. The highest BCUT2D eigenvalue weighted by molar-refractivity contribution is 5.51. The highest BCUT2D eigenvalue weighted by Gasteiger charge is 2.20. The van der Waals surface area contributed by atoms with Gasteiger partial charge < -0.3 is 0 Å². The zero-order valence-corrected chi connectivity index (χ0v) is 12.5. The Balaban J connectivity index is 3.60. The first-order valence-electron chi connectivity index (χ1n) is 7.00. The summed E-state index contributed by atoms with van der Waals surface area (Å²) < 4.78 is 0. The van der Waals surface area contributed by atoms with Gasteiger partial charge in [0.2, 0.25) is 0 Å². The van der Waals surface area contributed by atoms with Crippen LogP contribution in [0, 0.1) is 11.3 Å². The van der Waals surface area contributed by atoms with Crippen LogP contribution in [0.5, 0.6) is 0 Å². The molecule has 1 atom stereocenters. The summed E-state index contributed by atoms with van der Waals surface area (Å²) in [5.41, 5.74) is 4.94. The molecule has 0 radical (unpaired) electrons. The highest BCUT2D eigenvalue weighted by atomic mass is 14.3. The summed E-state index contributed by atoms with van der Waals surface area (Å²) in [7, 11) is 0. The van der Waals surface area contributed by atoms with Crippen LogP contribution >= 0.6 is 0 Å². The second-order valence-electron chi connectivity index (χ2n) is 5.76. The van der Waals surface area contributed by atoms with Crippen LogP contribution in [0.1, 0.15) is 88.0 Å². The molecule has 0 N–H and O–H groups in total.